The van der Waals surface area contributed by atoms with Crippen LogP contribution in [-0.4, -0.2) is 6.61 Å². The van der Waals surface area contributed by atoms with Crippen molar-refractivity contribution in [3.05, 3.63) is 77.4 Å². The SMILES string of the molecule is CCCCCCCOc1ccc2cc(C#Cc3ccc(C4CCC(CC)CC4)cc3)ccc2c1. The fourth-order valence-corrected chi connectivity index (χ4v) is 5.17. The molecule has 178 valence electrons. The van der Waals surface area contributed by atoms with Crippen molar-refractivity contribution in [2.24, 2.45) is 5.92 Å². The third-order valence-corrected chi connectivity index (χ3v) is 7.49. The van der Waals surface area contributed by atoms with Gasteiger partial charge in [-0.1, -0.05) is 82.1 Å². The maximum atomic E-state index is 5.97. The molecule has 0 heterocycles. The Bertz CT molecular complexity index is 1090. The predicted octanol–water partition coefficient (Wildman–Crippen LogP) is 9.27. The predicted molar refractivity (Wildman–Crippen MR) is 146 cm³/mol. The molecule has 1 nitrogen and oxygen atoms in total. The summed E-state index contributed by atoms with van der Waals surface area (Å²) in [6, 6.07) is 21.8. The Morgan fingerprint density at radius 1 is 0.706 bits per heavy atom. The van der Waals surface area contributed by atoms with Gasteiger partial charge in [-0.05, 0) is 96.7 Å². The minimum atomic E-state index is 0.736. The highest BCUT2D eigenvalue weighted by Crippen LogP contribution is 2.36. The summed E-state index contributed by atoms with van der Waals surface area (Å²) in [5.74, 6) is 9.36. The zero-order valence-electron chi connectivity index (χ0n) is 21.1. The Morgan fingerprint density at radius 3 is 2.15 bits per heavy atom. The van der Waals surface area contributed by atoms with Gasteiger partial charge in [-0.2, -0.15) is 0 Å². The molecule has 0 radical (unpaired) electrons. The third kappa shape index (κ3) is 6.89. The van der Waals surface area contributed by atoms with E-state index in [2.05, 4.69) is 86.4 Å². The lowest BCUT2D eigenvalue weighted by molar-refractivity contribution is 0.305. The lowest BCUT2D eigenvalue weighted by Gasteiger charge is -2.28. The second-order valence-corrected chi connectivity index (χ2v) is 9.98. The van der Waals surface area contributed by atoms with Crippen molar-refractivity contribution in [2.45, 2.75) is 84.0 Å². The Balaban J connectivity index is 1.33. The normalized spacial score (nSPS) is 17.8. The van der Waals surface area contributed by atoms with E-state index in [9.17, 15) is 0 Å². The van der Waals surface area contributed by atoms with Crippen LogP contribution in [0.2, 0.25) is 0 Å². The molecule has 0 N–H and O–H groups in total. The van der Waals surface area contributed by atoms with E-state index in [-0.39, 0.29) is 0 Å². The van der Waals surface area contributed by atoms with Crippen LogP contribution in [0.3, 0.4) is 0 Å². The Labute approximate surface area is 206 Å². The van der Waals surface area contributed by atoms with Crippen molar-refractivity contribution < 1.29 is 4.74 Å². The largest absolute Gasteiger partial charge is 0.494 e. The van der Waals surface area contributed by atoms with E-state index in [0.29, 0.717) is 0 Å². The van der Waals surface area contributed by atoms with Crippen molar-refractivity contribution in [1.82, 2.24) is 0 Å². The lowest BCUT2D eigenvalue weighted by Crippen LogP contribution is -2.12. The average Bonchev–Trinajstić information content (AvgIpc) is 2.89. The van der Waals surface area contributed by atoms with Gasteiger partial charge in [-0.15, -0.1) is 0 Å². The summed E-state index contributed by atoms with van der Waals surface area (Å²) in [7, 11) is 0. The van der Waals surface area contributed by atoms with Crippen LogP contribution < -0.4 is 4.74 Å². The van der Waals surface area contributed by atoms with Gasteiger partial charge in [0.25, 0.3) is 0 Å². The van der Waals surface area contributed by atoms with Gasteiger partial charge in [0.2, 0.25) is 0 Å². The van der Waals surface area contributed by atoms with Crippen LogP contribution >= 0.6 is 0 Å². The standard InChI is InChI=1S/C33H40O/c1-3-5-6-7-8-23-34-33-22-21-31-24-28(15-20-32(31)25-33)10-9-27-13-18-30(19-14-27)29-16-11-26(4-2)12-17-29/h13-15,18-22,24-26,29H,3-8,11-12,16-17,23H2,1-2H3. The number of hydrogen-bond acceptors (Lipinski definition) is 1. The molecule has 3 aromatic carbocycles. The number of unbranched alkanes of at least 4 members (excludes halogenated alkanes) is 4. The van der Waals surface area contributed by atoms with Crippen LogP contribution in [-0.2, 0) is 0 Å². The van der Waals surface area contributed by atoms with Gasteiger partial charge in [0.15, 0.2) is 0 Å². The summed E-state index contributed by atoms with van der Waals surface area (Å²) in [4.78, 5) is 0. The molecule has 0 spiro atoms. The molecule has 0 atom stereocenters. The Hall–Kier alpha value is -2.72. The van der Waals surface area contributed by atoms with Crippen molar-refractivity contribution in [3.63, 3.8) is 0 Å². The smallest absolute Gasteiger partial charge is 0.119 e. The van der Waals surface area contributed by atoms with Crippen molar-refractivity contribution in [3.8, 4) is 17.6 Å². The molecule has 0 bridgehead atoms. The topological polar surface area (TPSA) is 9.23 Å². The molecule has 1 aliphatic carbocycles. The van der Waals surface area contributed by atoms with Crippen LogP contribution in [0.25, 0.3) is 10.8 Å². The van der Waals surface area contributed by atoms with E-state index >= 15 is 0 Å². The fraction of sp³-hybridized carbons (Fsp3) is 0.455. The minimum absolute atomic E-state index is 0.736. The van der Waals surface area contributed by atoms with Gasteiger partial charge < -0.3 is 4.74 Å². The van der Waals surface area contributed by atoms with E-state index in [0.717, 1.165) is 41.7 Å². The first-order valence-corrected chi connectivity index (χ1v) is 13.5. The molecule has 4 rings (SSSR count). The zero-order chi connectivity index (χ0) is 23.6. The molecule has 0 unspecified atom stereocenters. The van der Waals surface area contributed by atoms with Crippen LogP contribution in [0.4, 0.5) is 0 Å². The van der Waals surface area contributed by atoms with Crippen molar-refractivity contribution in [1.29, 1.82) is 0 Å². The first kappa shape index (κ1) is 24.4. The second-order valence-electron chi connectivity index (χ2n) is 9.98. The number of hydrogen-bond donors (Lipinski definition) is 0. The fourth-order valence-electron chi connectivity index (χ4n) is 5.17. The second kappa shape index (κ2) is 12.7. The summed E-state index contributed by atoms with van der Waals surface area (Å²) in [6.07, 6.45) is 13.1. The summed E-state index contributed by atoms with van der Waals surface area (Å²) in [5, 5.41) is 2.41. The number of rotatable bonds is 9. The molecule has 1 saturated carbocycles. The molecule has 3 aromatic rings. The highest BCUT2D eigenvalue weighted by atomic mass is 16.5. The van der Waals surface area contributed by atoms with Gasteiger partial charge in [0, 0.05) is 11.1 Å². The van der Waals surface area contributed by atoms with Gasteiger partial charge in [0.05, 0.1) is 6.61 Å². The molecular formula is C33H40O. The maximum absolute atomic E-state index is 5.97. The number of ether oxygens (including phenoxy) is 1. The van der Waals surface area contributed by atoms with Gasteiger partial charge in [-0.25, -0.2) is 0 Å². The Morgan fingerprint density at radius 2 is 1.38 bits per heavy atom. The monoisotopic (exact) mass is 452 g/mol. The zero-order valence-corrected chi connectivity index (χ0v) is 21.1. The van der Waals surface area contributed by atoms with Crippen LogP contribution in [0.1, 0.15) is 101 Å². The van der Waals surface area contributed by atoms with E-state index < -0.39 is 0 Å². The molecule has 1 aliphatic rings. The molecule has 1 heteroatoms. The van der Waals surface area contributed by atoms with Gasteiger partial charge in [-0.3, -0.25) is 0 Å². The summed E-state index contributed by atoms with van der Waals surface area (Å²) >= 11 is 0. The highest BCUT2D eigenvalue weighted by molar-refractivity contribution is 5.85. The Kier molecular flexibility index (Phi) is 9.09. The third-order valence-electron chi connectivity index (χ3n) is 7.49. The van der Waals surface area contributed by atoms with E-state index in [1.807, 2.05) is 0 Å². The average molecular weight is 453 g/mol. The molecule has 0 aliphatic heterocycles. The molecule has 0 amide bonds. The molecular weight excluding hydrogens is 412 g/mol. The number of benzene rings is 3. The van der Waals surface area contributed by atoms with E-state index in [1.165, 1.54) is 74.1 Å². The summed E-state index contributed by atoms with van der Waals surface area (Å²) in [5.41, 5.74) is 3.64. The van der Waals surface area contributed by atoms with Crippen LogP contribution in [0.15, 0.2) is 60.7 Å². The summed E-state index contributed by atoms with van der Waals surface area (Å²) < 4.78 is 5.97. The first-order valence-electron chi connectivity index (χ1n) is 13.5. The minimum Gasteiger partial charge on any atom is -0.494 e. The van der Waals surface area contributed by atoms with E-state index in [1.54, 1.807) is 0 Å². The van der Waals surface area contributed by atoms with Crippen LogP contribution in [0.5, 0.6) is 5.75 Å². The van der Waals surface area contributed by atoms with Gasteiger partial charge in [0.1, 0.15) is 5.75 Å². The molecule has 0 saturated heterocycles. The molecule has 1 fully saturated rings. The quantitative estimate of drug-likeness (QED) is 0.232. The van der Waals surface area contributed by atoms with Gasteiger partial charge >= 0.3 is 0 Å². The molecule has 0 aromatic heterocycles. The summed E-state index contributed by atoms with van der Waals surface area (Å²) in [6.45, 7) is 5.38. The van der Waals surface area contributed by atoms with Crippen LogP contribution in [0, 0.1) is 17.8 Å². The van der Waals surface area contributed by atoms with E-state index in [4.69, 9.17) is 4.74 Å². The van der Waals surface area contributed by atoms with Crippen molar-refractivity contribution >= 4 is 10.8 Å². The number of fused-ring (bicyclic) bond motifs is 1. The molecule has 34 heavy (non-hydrogen) atoms. The first-order chi connectivity index (χ1) is 16.7. The van der Waals surface area contributed by atoms with Crippen molar-refractivity contribution in [2.75, 3.05) is 6.61 Å². The highest BCUT2D eigenvalue weighted by Gasteiger charge is 2.20. The lowest BCUT2D eigenvalue weighted by atomic mass is 9.78. The maximum Gasteiger partial charge on any atom is 0.119 e.